The zero-order valence-electron chi connectivity index (χ0n) is 19.4. The molecule has 3 rings (SSSR count). The lowest BCUT2D eigenvalue weighted by molar-refractivity contribution is 0.0405. The molecule has 9 heteroatoms. The molecule has 0 radical (unpaired) electrons. The Balaban J connectivity index is 1.86. The van der Waals surface area contributed by atoms with Gasteiger partial charge in [-0.2, -0.15) is 0 Å². The molecule has 1 fully saturated rings. The van der Waals surface area contributed by atoms with E-state index in [2.05, 4.69) is 25.9 Å². The number of aromatic nitrogens is 2. The zero-order chi connectivity index (χ0) is 24.1. The van der Waals surface area contributed by atoms with Crippen LogP contribution in [0.25, 0.3) is 0 Å². The minimum absolute atomic E-state index is 0.0715. The molecule has 1 unspecified atom stereocenters. The molecule has 2 aromatic rings. The molecular formula is C24H29BrN4O4. The topological polar surface area (TPSA) is 92.7 Å². The van der Waals surface area contributed by atoms with E-state index in [0.717, 1.165) is 10.9 Å². The molecule has 176 valence electrons. The van der Waals surface area contributed by atoms with Gasteiger partial charge in [0.2, 0.25) is 0 Å². The molecule has 0 spiro atoms. The zero-order valence-corrected chi connectivity index (χ0v) is 21.0. The summed E-state index contributed by atoms with van der Waals surface area (Å²) in [6, 6.07) is 7.09. The monoisotopic (exact) mass is 516 g/mol. The molecule has 1 aromatic heterocycles. The molecule has 8 nitrogen and oxygen atoms in total. The van der Waals surface area contributed by atoms with Gasteiger partial charge in [-0.3, -0.25) is 9.59 Å². The fraction of sp³-hybridized carbons (Fsp3) is 0.458. The van der Waals surface area contributed by atoms with Crippen LogP contribution in [0.2, 0.25) is 0 Å². The van der Waals surface area contributed by atoms with Gasteiger partial charge in [-0.15, -0.1) is 0 Å². The highest BCUT2D eigenvalue weighted by atomic mass is 79.9. The van der Waals surface area contributed by atoms with E-state index in [1.807, 2.05) is 32.0 Å². The van der Waals surface area contributed by atoms with Crippen molar-refractivity contribution in [2.24, 2.45) is 0 Å². The van der Waals surface area contributed by atoms with Crippen molar-refractivity contribution in [3.63, 3.8) is 0 Å². The molecule has 1 aliphatic rings. The van der Waals surface area contributed by atoms with Crippen LogP contribution in [0.5, 0.6) is 0 Å². The standard InChI is InChI=1S/C24H29BrN4O4/c1-5-9-19-20(24(32)33-6-2)21(27-16(4)26-19)23(31)28-12-13-29(15(3)14-28)22(30)17-10-7-8-11-18(17)25/h7-8,10-11,15H,5-6,9,12-14H2,1-4H3. The van der Waals surface area contributed by atoms with E-state index in [4.69, 9.17) is 4.74 Å². The number of esters is 1. The SMILES string of the molecule is CCCc1nc(C)nc(C(=O)N2CCN(C(=O)c3ccccc3Br)C(C)C2)c1C(=O)OCC. The predicted octanol–water partition coefficient (Wildman–Crippen LogP) is 3.66. The van der Waals surface area contributed by atoms with Crippen molar-refractivity contribution in [3.05, 3.63) is 57.1 Å². The molecular weight excluding hydrogens is 488 g/mol. The van der Waals surface area contributed by atoms with Crippen molar-refractivity contribution >= 4 is 33.7 Å². The Kier molecular flexibility index (Phi) is 8.18. The summed E-state index contributed by atoms with van der Waals surface area (Å²) in [4.78, 5) is 51.5. The van der Waals surface area contributed by atoms with Crippen LogP contribution < -0.4 is 0 Å². The summed E-state index contributed by atoms with van der Waals surface area (Å²) in [5.74, 6) is -0.580. The number of benzene rings is 1. The van der Waals surface area contributed by atoms with Crippen LogP contribution in [0, 0.1) is 6.92 Å². The molecule has 2 heterocycles. The number of hydrogen-bond acceptors (Lipinski definition) is 6. The lowest BCUT2D eigenvalue weighted by Gasteiger charge is -2.40. The Morgan fingerprint density at radius 2 is 1.85 bits per heavy atom. The largest absolute Gasteiger partial charge is 0.462 e. The highest BCUT2D eigenvalue weighted by molar-refractivity contribution is 9.10. The van der Waals surface area contributed by atoms with Crippen LogP contribution in [-0.4, -0.2) is 69.8 Å². The molecule has 2 amide bonds. The van der Waals surface area contributed by atoms with E-state index in [1.54, 1.807) is 29.7 Å². The maximum absolute atomic E-state index is 13.5. The van der Waals surface area contributed by atoms with Gasteiger partial charge in [-0.1, -0.05) is 25.5 Å². The van der Waals surface area contributed by atoms with Gasteiger partial charge in [0.25, 0.3) is 11.8 Å². The van der Waals surface area contributed by atoms with E-state index in [-0.39, 0.29) is 35.7 Å². The minimum atomic E-state index is -0.583. The second-order valence-electron chi connectivity index (χ2n) is 7.99. The van der Waals surface area contributed by atoms with E-state index in [9.17, 15) is 14.4 Å². The van der Waals surface area contributed by atoms with Gasteiger partial charge in [0.05, 0.1) is 17.9 Å². The number of aryl methyl sites for hydroxylation is 2. The Morgan fingerprint density at radius 3 is 2.48 bits per heavy atom. The average molecular weight is 517 g/mol. The van der Waals surface area contributed by atoms with Crippen LogP contribution in [-0.2, 0) is 11.2 Å². The van der Waals surface area contributed by atoms with Crippen molar-refractivity contribution in [2.45, 2.75) is 46.6 Å². The van der Waals surface area contributed by atoms with E-state index < -0.39 is 5.97 Å². The third-order valence-electron chi connectivity index (χ3n) is 5.54. The van der Waals surface area contributed by atoms with Crippen molar-refractivity contribution < 1.29 is 19.1 Å². The number of ether oxygens (including phenoxy) is 1. The second kappa shape index (κ2) is 10.9. The summed E-state index contributed by atoms with van der Waals surface area (Å²) >= 11 is 3.44. The number of amides is 2. The van der Waals surface area contributed by atoms with Crippen LogP contribution in [0.3, 0.4) is 0 Å². The van der Waals surface area contributed by atoms with E-state index >= 15 is 0 Å². The summed E-state index contributed by atoms with van der Waals surface area (Å²) in [5.41, 5.74) is 1.34. The highest BCUT2D eigenvalue weighted by Gasteiger charge is 2.34. The minimum Gasteiger partial charge on any atom is -0.462 e. The summed E-state index contributed by atoms with van der Waals surface area (Å²) in [6.07, 6.45) is 1.31. The highest BCUT2D eigenvalue weighted by Crippen LogP contribution is 2.23. The quantitative estimate of drug-likeness (QED) is 0.543. The van der Waals surface area contributed by atoms with Gasteiger partial charge < -0.3 is 14.5 Å². The van der Waals surface area contributed by atoms with Crippen molar-refractivity contribution in [2.75, 3.05) is 26.2 Å². The average Bonchev–Trinajstić information content (AvgIpc) is 2.78. The fourth-order valence-electron chi connectivity index (χ4n) is 4.00. The molecule has 0 bridgehead atoms. The molecule has 1 aromatic carbocycles. The van der Waals surface area contributed by atoms with Gasteiger partial charge in [0, 0.05) is 30.1 Å². The first-order valence-electron chi connectivity index (χ1n) is 11.2. The number of piperazine rings is 1. The molecule has 1 atom stereocenters. The Morgan fingerprint density at radius 1 is 1.12 bits per heavy atom. The molecule has 0 saturated carbocycles. The van der Waals surface area contributed by atoms with Crippen LogP contribution in [0.1, 0.15) is 69.9 Å². The number of carbonyl (C=O) groups excluding carboxylic acids is 3. The molecule has 1 saturated heterocycles. The Labute approximate surface area is 202 Å². The van der Waals surface area contributed by atoms with Crippen molar-refractivity contribution in [3.8, 4) is 0 Å². The maximum Gasteiger partial charge on any atom is 0.342 e. The summed E-state index contributed by atoms with van der Waals surface area (Å²) in [6.45, 7) is 8.58. The fourth-order valence-corrected chi connectivity index (χ4v) is 4.46. The normalized spacial score (nSPS) is 16.0. The third kappa shape index (κ3) is 5.40. The van der Waals surface area contributed by atoms with Crippen LogP contribution in [0.15, 0.2) is 28.7 Å². The van der Waals surface area contributed by atoms with E-state index in [1.165, 1.54) is 0 Å². The van der Waals surface area contributed by atoms with E-state index in [0.29, 0.717) is 43.1 Å². The van der Waals surface area contributed by atoms with Crippen molar-refractivity contribution in [1.82, 2.24) is 19.8 Å². The van der Waals surface area contributed by atoms with Gasteiger partial charge in [-0.05, 0) is 55.3 Å². The van der Waals surface area contributed by atoms with Crippen molar-refractivity contribution in [1.29, 1.82) is 0 Å². The lowest BCUT2D eigenvalue weighted by Crippen LogP contribution is -2.55. The number of rotatable bonds is 6. The molecule has 1 aliphatic heterocycles. The first-order valence-corrected chi connectivity index (χ1v) is 12.0. The first-order chi connectivity index (χ1) is 15.8. The first kappa shape index (κ1) is 24.8. The molecule has 0 aliphatic carbocycles. The summed E-state index contributed by atoms with van der Waals surface area (Å²) in [5, 5.41) is 0. The van der Waals surface area contributed by atoms with Gasteiger partial charge in [-0.25, -0.2) is 14.8 Å². The van der Waals surface area contributed by atoms with Crippen LogP contribution >= 0.6 is 15.9 Å². The Hall–Kier alpha value is -2.81. The third-order valence-corrected chi connectivity index (χ3v) is 6.24. The number of nitrogens with zero attached hydrogens (tertiary/aromatic N) is 4. The molecule has 0 N–H and O–H groups in total. The number of carbonyl (C=O) groups is 3. The second-order valence-corrected chi connectivity index (χ2v) is 8.84. The number of hydrogen-bond donors (Lipinski definition) is 0. The lowest BCUT2D eigenvalue weighted by atomic mass is 10.0. The van der Waals surface area contributed by atoms with Crippen LogP contribution in [0.4, 0.5) is 0 Å². The summed E-state index contributed by atoms with van der Waals surface area (Å²) in [7, 11) is 0. The van der Waals surface area contributed by atoms with Gasteiger partial charge >= 0.3 is 5.97 Å². The maximum atomic E-state index is 13.5. The number of halogens is 1. The van der Waals surface area contributed by atoms with Gasteiger partial charge in [0.15, 0.2) is 0 Å². The summed E-state index contributed by atoms with van der Waals surface area (Å²) < 4.78 is 5.95. The predicted molar refractivity (Wildman–Crippen MR) is 127 cm³/mol. The smallest absolute Gasteiger partial charge is 0.342 e. The van der Waals surface area contributed by atoms with Gasteiger partial charge in [0.1, 0.15) is 17.1 Å². The molecule has 33 heavy (non-hydrogen) atoms. The Bertz CT molecular complexity index is 1060.